The van der Waals surface area contributed by atoms with Gasteiger partial charge in [-0.15, -0.1) is 0 Å². The van der Waals surface area contributed by atoms with Gasteiger partial charge in [-0.05, 0) is 11.6 Å². The summed E-state index contributed by atoms with van der Waals surface area (Å²) in [5.41, 5.74) is 0. The number of carbonyl (C=O) groups is 2. The molecule has 0 aromatic rings. The van der Waals surface area contributed by atoms with Gasteiger partial charge in [-0.3, -0.25) is 14.9 Å². The minimum Gasteiger partial charge on any atom is -0.449 e. The molecule has 5 heteroatoms. The number of carbonyl (C=O) groups excluding carboxylic acids is 2. The molecule has 0 atom stereocenters. The van der Waals surface area contributed by atoms with Crippen LogP contribution in [0.15, 0.2) is 0 Å². The van der Waals surface area contributed by atoms with E-state index in [0.29, 0.717) is 19.7 Å². The molecule has 0 radical (unpaired) electrons. The Morgan fingerprint density at radius 2 is 2.36 bits per heavy atom. The average Bonchev–Trinajstić information content (AvgIpc) is 2.41. The second kappa shape index (κ2) is 6.12. The molecule has 0 aromatic heterocycles. The van der Waals surface area contributed by atoms with Gasteiger partial charge in [-0.25, -0.2) is 0 Å². The van der Waals surface area contributed by atoms with Crippen LogP contribution in [0.5, 0.6) is 0 Å². The number of esters is 1. The maximum absolute atomic E-state index is 9.96. The summed E-state index contributed by atoms with van der Waals surface area (Å²) in [6, 6.07) is 0. The molecule has 11 heavy (non-hydrogen) atoms. The summed E-state index contributed by atoms with van der Waals surface area (Å²) in [5, 5.41) is 2.43. The van der Waals surface area contributed by atoms with Gasteiger partial charge in [0.2, 0.25) is 5.24 Å². The molecule has 1 heterocycles. The lowest BCUT2D eigenvalue weighted by molar-refractivity contribution is -0.136. The zero-order chi connectivity index (χ0) is 8.69. The van der Waals surface area contributed by atoms with E-state index in [9.17, 15) is 9.59 Å². The first kappa shape index (κ1) is 10.4. The predicted molar refractivity (Wildman–Crippen MR) is 40.1 cm³/mol. The van der Waals surface area contributed by atoms with Crippen molar-refractivity contribution in [3.05, 3.63) is 0 Å². The lowest BCUT2D eigenvalue weighted by Crippen LogP contribution is -2.07. The molecule has 4 nitrogen and oxygen atoms in total. The molecule has 0 aliphatic carbocycles. The molecule has 1 aliphatic rings. The molecule has 1 rings (SSSR count). The highest BCUT2D eigenvalue weighted by molar-refractivity contribution is 6.63. The van der Waals surface area contributed by atoms with Gasteiger partial charge in [0.25, 0.3) is 0 Å². The summed E-state index contributed by atoms with van der Waals surface area (Å²) >= 11 is 4.82. The molecule has 0 saturated carbocycles. The molecule has 0 aromatic carbocycles. The smallest absolute Gasteiger partial charge is 0.321 e. The second-order valence-electron chi connectivity index (χ2n) is 1.80. The Labute approximate surface area is 69.9 Å². The third kappa shape index (κ3) is 7.29. The van der Waals surface area contributed by atoms with Crippen LogP contribution in [0.1, 0.15) is 13.3 Å². The summed E-state index contributed by atoms with van der Waals surface area (Å²) < 4.78 is 4.40. The highest BCUT2D eigenvalue weighted by Crippen LogP contribution is 1.81. The van der Waals surface area contributed by atoms with E-state index in [1.807, 2.05) is 0 Å². The fraction of sp³-hybridized carbons (Fsp3) is 0.667. The van der Waals surface area contributed by atoms with Crippen LogP contribution < -0.4 is 5.32 Å². The summed E-state index contributed by atoms with van der Waals surface area (Å²) in [5.74, 6) is -0.157. The predicted octanol–water partition coefficient (Wildman–Crippen LogP) is 0.252. The molecular formula is C6H10ClNO3. The fourth-order valence-corrected chi connectivity index (χ4v) is 0.336. The maximum Gasteiger partial charge on any atom is 0.321 e. The quantitative estimate of drug-likeness (QED) is 0.463. The zero-order valence-corrected chi connectivity index (χ0v) is 6.98. The van der Waals surface area contributed by atoms with E-state index in [1.54, 1.807) is 6.92 Å². The summed E-state index contributed by atoms with van der Waals surface area (Å²) in [6.45, 7) is 2.48. The van der Waals surface area contributed by atoms with Crippen molar-refractivity contribution >= 4 is 22.8 Å². The Morgan fingerprint density at radius 3 is 2.45 bits per heavy atom. The molecule has 64 valence electrons. The molecule has 0 bridgehead atoms. The van der Waals surface area contributed by atoms with Crippen LogP contribution in [0, 0.1) is 0 Å². The molecule has 1 N–H and O–H groups in total. The van der Waals surface area contributed by atoms with Gasteiger partial charge in [0.05, 0.1) is 6.54 Å². The molecule has 1 aliphatic heterocycles. The van der Waals surface area contributed by atoms with E-state index in [4.69, 9.17) is 11.6 Å². The van der Waals surface area contributed by atoms with Crippen molar-refractivity contribution in [2.75, 3.05) is 13.3 Å². The first-order valence-corrected chi connectivity index (χ1v) is 3.59. The summed E-state index contributed by atoms with van der Waals surface area (Å²) in [4.78, 5) is 19.5. The van der Waals surface area contributed by atoms with Gasteiger partial charge in [0.15, 0.2) is 0 Å². The molecule has 0 unspecified atom stereocenters. The Balaban J connectivity index is 0.000000187. The van der Waals surface area contributed by atoms with Crippen LogP contribution in [0.3, 0.4) is 0 Å². The van der Waals surface area contributed by atoms with Crippen LogP contribution >= 0.6 is 11.6 Å². The third-order valence-electron chi connectivity index (χ3n) is 0.883. The zero-order valence-electron chi connectivity index (χ0n) is 6.22. The van der Waals surface area contributed by atoms with E-state index < -0.39 is 0 Å². The van der Waals surface area contributed by atoms with E-state index in [2.05, 4.69) is 10.1 Å². The van der Waals surface area contributed by atoms with Crippen LogP contribution in [-0.4, -0.2) is 24.5 Å². The second-order valence-corrected chi connectivity index (χ2v) is 2.22. The van der Waals surface area contributed by atoms with Gasteiger partial charge >= 0.3 is 5.97 Å². The number of hydrogen-bond acceptors (Lipinski definition) is 4. The van der Waals surface area contributed by atoms with Crippen molar-refractivity contribution in [3.8, 4) is 0 Å². The monoisotopic (exact) mass is 179 g/mol. The number of rotatable bonds is 1. The van der Waals surface area contributed by atoms with E-state index in [-0.39, 0.29) is 11.2 Å². The van der Waals surface area contributed by atoms with Crippen molar-refractivity contribution in [1.29, 1.82) is 0 Å². The van der Waals surface area contributed by atoms with Gasteiger partial charge < -0.3 is 4.74 Å². The van der Waals surface area contributed by atoms with Gasteiger partial charge in [-0.2, -0.15) is 0 Å². The molecule has 1 fully saturated rings. The van der Waals surface area contributed by atoms with E-state index in [0.717, 1.165) is 0 Å². The standard InChI is InChI=1S/C3H5ClO.C3H5NO2/c1-2-3(4)5;5-3-1-4-2-6-3/h2H2,1H3;4H,1-2H2. The van der Waals surface area contributed by atoms with Gasteiger partial charge in [0, 0.05) is 6.42 Å². The first-order valence-electron chi connectivity index (χ1n) is 3.21. The van der Waals surface area contributed by atoms with Crippen molar-refractivity contribution in [3.63, 3.8) is 0 Å². The highest BCUT2D eigenvalue weighted by atomic mass is 35.5. The number of ether oxygens (including phenoxy) is 1. The van der Waals surface area contributed by atoms with E-state index >= 15 is 0 Å². The summed E-state index contributed by atoms with van der Waals surface area (Å²) in [7, 11) is 0. The Hall–Kier alpha value is -0.610. The maximum atomic E-state index is 9.96. The minimum absolute atomic E-state index is 0.157. The van der Waals surface area contributed by atoms with Crippen LogP contribution in [-0.2, 0) is 14.3 Å². The molecule has 0 amide bonds. The number of halogens is 1. The van der Waals surface area contributed by atoms with E-state index in [1.165, 1.54) is 0 Å². The van der Waals surface area contributed by atoms with Crippen LogP contribution in [0.4, 0.5) is 0 Å². The largest absolute Gasteiger partial charge is 0.449 e. The van der Waals surface area contributed by atoms with Crippen molar-refractivity contribution in [2.45, 2.75) is 13.3 Å². The number of hydrogen-bond donors (Lipinski definition) is 1. The first-order chi connectivity index (χ1) is 5.16. The topological polar surface area (TPSA) is 55.4 Å². The fourth-order valence-electron chi connectivity index (χ4n) is 0.336. The van der Waals surface area contributed by atoms with Gasteiger partial charge in [0.1, 0.15) is 6.73 Å². The summed E-state index contributed by atoms with van der Waals surface area (Å²) in [6.07, 6.45) is 0.432. The lowest BCUT2D eigenvalue weighted by atomic mass is 10.6. The molecule has 0 spiro atoms. The lowest BCUT2D eigenvalue weighted by Gasteiger charge is -1.79. The van der Waals surface area contributed by atoms with Crippen LogP contribution in [0.25, 0.3) is 0 Å². The van der Waals surface area contributed by atoms with Crippen molar-refractivity contribution in [2.24, 2.45) is 0 Å². The Kier molecular flexibility index (Phi) is 5.78. The normalized spacial score (nSPS) is 14.9. The number of nitrogens with one attached hydrogen (secondary N) is 1. The van der Waals surface area contributed by atoms with Crippen molar-refractivity contribution in [1.82, 2.24) is 5.32 Å². The molecular weight excluding hydrogens is 170 g/mol. The highest BCUT2D eigenvalue weighted by Gasteiger charge is 2.06. The SMILES string of the molecule is CCC(=O)Cl.O=C1CNCO1. The molecule has 1 saturated heterocycles. The minimum atomic E-state index is -0.273. The Morgan fingerprint density at radius 1 is 1.82 bits per heavy atom. The third-order valence-corrected chi connectivity index (χ3v) is 1.15. The Bertz CT molecular complexity index is 141. The van der Waals surface area contributed by atoms with Crippen LogP contribution in [0.2, 0.25) is 0 Å². The number of cyclic esters (lactones) is 1. The average molecular weight is 180 g/mol. The van der Waals surface area contributed by atoms with Gasteiger partial charge in [-0.1, -0.05) is 6.92 Å². The van der Waals surface area contributed by atoms with Crippen molar-refractivity contribution < 1.29 is 14.3 Å².